The number of hydrogen-bond donors (Lipinski definition) is 3. The molecule has 4 rings (SSSR count). The van der Waals surface area contributed by atoms with Gasteiger partial charge < -0.3 is 36.4 Å². The van der Waals surface area contributed by atoms with Crippen LogP contribution in [0.5, 0.6) is 0 Å². The van der Waals surface area contributed by atoms with Crippen LogP contribution in [0.15, 0.2) is 28.0 Å². The molecule has 2 amide bonds. The van der Waals surface area contributed by atoms with Gasteiger partial charge in [0.1, 0.15) is 23.7 Å². The molecule has 16 heteroatoms. The topological polar surface area (TPSA) is 193 Å². The van der Waals surface area contributed by atoms with E-state index in [1.165, 1.54) is 28.4 Å². The predicted molar refractivity (Wildman–Crippen MR) is 133 cm³/mol. The molecule has 2 aliphatic heterocycles. The van der Waals surface area contributed by atoms with Gasteiger partial charge in [0.15, 0.2) is 10.8 Å². The van der Waals surface area contributed by atoms with Gasteiger partial charge in [0.25, 0.3) is 5.91 Å². The Kier molecular flexibility index (Phi) is 7.56. The van der Waals surface area contributed by atoms with Crippen molar-refractivity contribution in [1.29, 1.82) is 0 Å². The van der Waals surface area contributed by atoms with E-state index < -0.39 is 34.6 Å². The molecule has 2 saturated heterocycles. The van der Waals surface area contributed by atoms with Crippen LogP contribution in [0.25, 0.3) is 0 Å². The lowest BCUT2D eigenvalue weighted by Gasteiger charge is -2.55. The van der Waals surface area contributed by atoms with Crippen LogP contribution in [0.1, 0.15) is 12.6 Å². The molecule has 0 aliphatic carbocycles. The van der Waals surface area contributed by atoms with Crippen molar-refractivity contribution in [2.75, 3.05) is 36.1 Å². The maximum Gasteiger partial charge on any atom is 0.361 e. The van der Waals surface area contributed by atoms with Gasteiger partial charge in [0.05, 0.1) is 19.2 Å². The minimum atomic E-state index is -1.30. The van der Waals surface area contributed by atoms with E-state index in [0.717, 1.165) is 11.3 Å². The summed E-state index contributed by atoms with van der Waals surface area (Å²) < 4.78 is 1.74. The van der Waals surface area contributed by atoms with Crippen LogP contribution in [-0.4, -0.2) is 74.4 Å². The Bertz CT molecular complexity index is 1220. The van der Waals surface area contributed by atoms with Gasteiger partial charge in [-0.15, -0.1) is 23.1 Å². The molecule has 36 heavy (non-hydrogen) atoms. The second-order valence-corrected chi connectivity index (χ2v) is 11.1. The highest BCUT2D eigenvalue weighted by Gasteiger charge is 2.56. The van der Waals surface area contributed by atoms with Crippen molar-refractivity contribution < 1.29 is 28.9 Å². The number of carboxylic acids is 1. The first kappa shape index (κ1) is 26.0. The van der Waals surface area contributed by atoms with Gasteiger partial charge in [-0.05, 0) is 23.7 Å². The zero-order chi connectivity index (χ0) is 26.0. The van der Waals surface area contributed by atoms with Crippen molar-refractivity contribution in [3.05, 3.63) is 23.3 Å². The second-order valence-electron chi connectivity index (χ2n) is 8.15. The fourth-order valence-corrected chi connectivity index (χ4v) is 7.02. The van der Waals surface area contributed by atoms with Gasteiger partial charge in [-0.3, -0.25) is 9.59 Å². The van der Waals surface area contributed by atoms with Gasteiger partial charge in [-0.25, -0.2) is 9.55 Å². The summed E-state index contributed by atoms with van der Waals surface area (Å²) in [4.78, 5) is 52.9. The number of thiazole rings is 1. The number of fused-ring (bicyclic) bond motifs is 1. The third-order valence-electron chi connectivity index (χ3n) is 5.60. The molecule has 3 atom stereocenters. The first-order valence-electron chi connectivity index (χ1n) is 10.8. The van der Waals surface area contributed by atoms with Crippen LogP contribution in [0.4, 0.5) is 10.9 Å². The smallest absolute Gasteiger partial charge is 0.361 e. The van der Waals surface area contributed by atoms with Crippen LogP contribution < -0.4 is 26.5 Å². The summed E-state index contributed by atoms with van der Waals surface area (Å²) in [7, 11) is 1.78. The number of nitrogen functional groups attached to an aromatic ring is 2. The average molecular weight is 553 g/mol. The van der Waals surface area contributed by atoms with Crippen molar-refractivity contribution in [3.63, 3.8) is 0 Å². The van der Waals surface area contributed by atoms with Crippen molar-refractivity contribution in [3.8, 4) is 0 Å². The summed E-state index contributed by atoms with van der Waals surface area (Å²) in [5.41, 5.74) is 10.3. The van der Waals surface area contributed by atoms with E-state index in [0.29, 0.717) is 11.0 Å². The van der Waals surface area contributed by atoms with Crippen LogP contribution in [0.3, 0.4) is 0 Å². The molecule has 2 aromatic heterocycles. The molecule has 2 unspecified atom stereocenters. The number of rotatable bonds is 9. The maximum atomic E-state index is 12.9. The number of nitrogens with two attached hydrogens (primary N) is 2. The Balaban J connectivity index is 1.44. The number of aryl methyl sites for hydroxylation is 1. The molecular weight excluding hydrogens is 528 g/mol. The number of oxime groups is 1. The summed E-state index contributed by atoms with van der Waals surface area (Å²) in [6.45, 7) is 1.91. The summed E-state index contributed by atoms with van der Waals surface area (Å²) >= 11 is 3.65. The van der Waals surface area contributed by atoms with E-state index >= 15 is 0 Å². The third-order valence-corrected chi connectivity index (χ3v) is 9.20. The minimum absolute atomic E-state index is 0.0419. The lowest BCUT2D eigenvalue weighted by atomic mass is 9.89. The molecular formula is C20H24N8O5S3. The maximum absolute atomic E-state index is 12.9. The van der Waals surface area contributed by atoms with Crippen molar-refractivity contribution in [2.24, 2.45) is 17.6 Å². The summed E-state index contributed by atoms with van der Waals surface area (Å²) in [5, 5.41) is 20.7. The summed E-state index contributed by atoms with van der Waals surface area (Å²) in [6.07, 6.45) is 1.73. The van der Waals surface area contributed by atoms with E-state index in [1.54, 1.807) is 36.2 Å². The highest BCUT2D eigenvalue weighted by molar-refractivity contribution is 8.00. The number of carboxylic acid groups (broad SMARTS) is 1. The fourth-order valence-electron chi connectivity index (χ4n) is 3.65. The number of hydrogen-bond acceptors (Lipinski definition) is 13. The predicted octanol–water partition coefficient (Wildman–Crippen LogP) is -1.80. The summed E-state index contributed by atoms with van der Waals surface area (Å²) in [5.74, 6) is -1.63. The first-order chi connectivity index (χ1) is 17.1. The normalized spacial score (nSPS) is 23.6. The van der Waals surface area contributed by atoms with Gasteiger partial charge in [-0.1, -0.05) is 5.16 Å². The molecule has 0 spiro atoms. The van der Waals surface area contributed by atoms with Crippen molar-refractivity contribution in [2.45, 2.75) is 23.5 Å². The molecule has 0 saturated carbocycles. The van der Waals surface area contributed by atoms with Crippen LogP contribution in [-0.2, 0) is 26.3 Å². The number of carbonyl (C=O) groups is 3. The number of nitrogens with zero attached hydrogens (tertiary/aromatic N) is 5. The van der Waals surface area contributed by atoms with E-state index in [9.17, 15) is 19.5 Å². The summed E-state index contributed by atoms with van der Waals surface area (Å²) in [6, 6.07) is 0.798. The van der Waals surface area contributed by atoms with Crippen molar-refractivity contribution in [1.82, 2.24) is 20.2 Å². The molecule has 0 bridgehead atoms. The molecule has 2 aliphatic rings. The number of thioether (sulfide) groups is 2. The number of amides is 2. The first-order valence-corrected chi connectivity index (χ1v) is 13.7. The van der Waals surface area contributed by atoms with Crippen LogP contribution in [0.2, 0.25) is 0 Å². The molecule has 0 radical (unpaired) electrons. The largest absolute Gasteiger partial charge is 0.549 e. The van der Waals surface area contributed by atoms with E-state index in [2.05, 4.69) is 20.4 Å². The number of aromatic nitrogens is 3. The third kappa shape index (κ3) is 5.05. The number of nitrogens with one attached hydrogen (secondary N) is 1. The fraction of sp³-hybridized carbons (Fsp3) is 0.450. The van der Waals surface area contributed by atoms with Gasteiger partial charge >= 0.3 is 5.16 Å². The Hall–Kier alpha value is -3.11. The lowest BCUT2D eigenvalue weighted by Crippen LogP contribution is -2.75. The number of β-lactam (4-membered cyclic amide) rings is 1. The molecule has 5 N–H and O–H groups in total. The lowest BCUT2D eigenvalue weighted by molar-refractivity contribution is -0.713. The standard InChI is InChI=1S/C20H24N8O5S3/c1-3-33-26-12(10-6-34-18(22)23-10)14(29)25-13-15(30)28-7-20(17(31)32,8-35-16(13)28)9-36-19-24-11(21)4-5-27(19)2/h4-6,13,16,21H,3,7-9H2,1-2H3,(H4,22,23,25,29,31,32)/t13?,16-,20?/m1/s1. The van der Waals surface area contributed by atoms with Crippen molar-refractivity contribution >= 4 is 69.3 Å². The second kappa shape index (κ2) is 10.5. The number of anilines is 2. The number of carbonyl (C=O) groups excluding carboxylic acids is 3. The van der Waals surface area contributed by atoms with Crippen LogP contribution >= 0.6 is 34.9 Å². The minimum Gasteiger partial charge on any atom is -0.549 e. The molecule has 192 valence electrons. The molecule has 0 aromatic carbocycles. The number of aliphatic carboxylic acids is 1. The SMILES string of the molecule is CCON=C(C(=O)NC1C(=O)N2CC(CSc3nc(N)cc[n+]3C)(C(=O)[O-])CS[C@H]12)c1csc(N)n1. The monoisotopic (exact) mass is 552 g/mol. The Morgan fingerprint density at radius 3 is 2.89 bits per heavy atom. The van der Waals surface area contributed by atoms with Gasteiger partial charge in [0, 0.05) is 34.9 Å². The van der Waals surface area contributed by atoms with Gasteiger partial charge in [0.2, 0.25) is 11.7 Å². The molecule has 13 nitrogen and oxygen atoms in total. The quantitative estimate of drug-likeness (QED) is 0.0793. The Morgan fingerprint density at radius 2 is 2.22 bits per heavy atom. The zero-order valence-corrected chi connectivity index (χ0v) is 21.8. The zero-order valence-electron chi connectivity index (χ0n) is 19.4. The Morgan fingerprint density at radius 1 is 1.44 bits per heavy atom. The van der Waals surface area contributed by atoms with E-state index in [4.69, 9.17) is 16.3 Å². The van der Waals surface area contributed by atoms with Crippen LogP contribution in [0, 0.1) is 5.41 Å². The Labute approximate surface area is 218 Å². The van der Waals surface area contributed by atoms with E-state index in [1.807, 2.05) is 0 Å². The van der Waals surface area contributed by atoms with Gasteiger partial charge in [-0.2, -0.15) is 0 Å². The molecule has 4 heterocycles. The molecule has 2 fully saturated rings. The highest BCUT2D eigenvalue weighted by atomic mass is 32.2. The average Bonchev–Trinajstić information content (AvgIpc) is 3.28. The highest BCUT2D eigenvalue weighted by Crippen LogP contribution is 2.43. The van der Waals surface area contributed by atoms with E-state index in [-0.39, 0.29) is 41.2 Å². The molecule has 2 aromatic rings.